The summed E-state index contributed by atoms with van der Waals surface area (Å²) in [5.41, 5.74) is 3.07. The van der Waals surface area contributed by atoms with Crippen molar-refractivity contribution in [1.29, 1.82) is 0 Å². The molecule has 2 aliphatic heterocycles. The van der Waals surface area contributed by atoms with Crippen molar-refractivity contribution in [3.63, 3.8) is 0 Å². The van der Waals surface area contributed by atoms with E-state index in [1.165, 1.54) is 24.9 Å². The molecule has 6 atom stereocenters. The summed E-state index contributed by atoms with van der Waals surface area (Å²) >= 11 is 0. The summed E-state index contributed by atoms with van der Waals surface area (Å²) in [5.74, 6) is 1.78. The smallest absolute Gasteiger partial charge is 0.311 e. The Kier molecular flexibility index (Phi) is 5.73. The SMILES string of the molecule is COc1ccc(N2CCN(C[C@@H]3C(=O)O[C@@H]4C[C@]5(C)CCC[C@@H](C)C5=C[C@@H]34)C[C@@H]2C)cc1. The molecule has 1 saturated carbocycles. The first kappa shape index (κ1) is 21.8. The summed E-state index contributed by atoms with van der Waals surface area (Å²) in [7, 11) is 1.70. The fraction of sp³-hybridized carbons (Fsp3) is 0.667. The van der Waals surface area contributed by atoms with Gasteiger partial charge in [0, 0.05) is 43.8 Å². The zero-order valence-corrected chi connectivity index (χ0v) is 20.0. The Morgan fingerprint density at radius 3 is 2.69 bits per heavy atom. The van der Waals surface area contributed by atoms with Crippen LogP contribution in [0.5, 0.6) is 5.75 Å². The number of anilines is 1. The van der Waals surface area contributed by atoms with E-state index in [0.717, 1.165) is 38.3 Å². The first-order valence-corrected chi connectivity index (χ1v) is 12.4. The van der Waals surface area contributed by atoms with E-state index in [1.807, 2.05) is 12.1 Å². The quantitative estimate of drug-likeness (QED) is 0.511. The van der Waals surface area contributed by atoms with Crippen molar-refractivity contribution in [1.82, 2.24) is 4.90 Å². The van der Waals surface area contributed by atoms with Crippen LogP contribution >= 0.6 is 0 Å². The molecule has 1 aromatic carbocycles. The summed E-state index contributed by atoms with van der Waals surface area (Å²) in [6, 6.07) is 8.73. The minimum Gasteiger partial charge on any atom is -0.497 e. The van der Waals surface area contributed by atoms with Crippen LogP contribution in [0.1, 0.15) is 46.5 Å². The average molecular weight is 439 g/mol. The van der Waals surface area contributed by atoms with Gasteiger partial charge >= 0.3 is 5.97 Å². The molecule has 2 aliphatic carbocycles. The largest absolute Gasteiger partial charge is 0.497 e. The zero-order valence-electron chi connectivity index (χ0n) is 20.0. The van der Waals surface area contributed by atoms with Gasteiger partial charge in [-0.25, -0.2) is 0 Å². The highest BCUT2D eigenvalue weighted by molar-refractivity contribution is 5.76. The topological polar surface area (TPSA) is 42.0 Å². The number of hydrogen-bond acceptors (Lipinski definition) is 5. The maximum Gasteiger partial charge on any atom is 0.311 e. The molecule has 0 unspecified atom stereocenters. The van der Waals surface area contributed by atoms with E-state index >= 15 is 0 Å². The van der Waals surface area contributed by atoms with Gasteiger partial charge in [-0.05, 0) is 61.8 Å². The molecule has 32 heavy (non-hydrogen) atoms. The fourth-order valence-corrected chi connectivity index (χ4v) is 6.89. The number of carbonyl (C=O) groups is 1. The monoisotopic (exact) mass is 438 g/mol. The number of methoxy groups -OCH3 is 1. The second kappa shape index (κ2) is 8.40. The Hall–Kier alpha value is -2.01. The Morgan fingerprint density at radius 2 is 1.97 bits per heavy atom. The molecule has 0 radical (unpaired) electrons. The van der Waals surface area contributed by atoms with Gasteiger partial charge in [0.1, 0.15) is 11.9 Å². The molecule has 174 valence electrons. The van der Waals surface area contributed by atoms with Crippen LogP contribution in [0.3, 0.4) is 0 Å². The number of nitrogens with zero attached hydrogens (tertiary/aromatic N) is 2. The number of piperazine rings is 1. The van der Waals surface area contributed by atoms with E-state index in [9.17, 15) is 4.79 Å². The highest BCUT2D eigenvalue weighted by Gasteiger charge is 2.52. The molecule has 0 aromatic heterocycles. The van der Waals surface area contributed by atoms with E-state index in [2.05, 4.69) is 48.8 Å². The third-order valence-electron chi connectivity index (χ3n) is 8.65. The highest BCUT2D eigenvalue weighted by atomic mass is 16.6. The Morgan fingerprint density at radius 1 is 1.19 bits per heavy atom. The summed E-state index contributed by atoms with van der Waals surface area (Å²) in [6.07, 6.45) is 7.37. The van der Waals surface area contributed by atoms with Gasteiger partial charge < -0.3 is 14.4 Å². The number of esters is 1. The normalized spacial score (nSPS) is 37.4. The third-order valence-corrected chi connectivity index (χ3v) is 8.65. The minimum atomic E-state index is -0.0223. The minimum absolute atomic E-state index is 0.0223. The Balaban J connectivity index is 1.27. The molecule has 5 heteroatoms. The first-order chi connectivity index (χ1) is 15.4. The average Bonchev–Trinajstić information content (AvgIpc) is 3.06. The van der Waals surface area contributed by atoms with E-state index < -0.39 is 0 Å². The van der Waals surface area contributed by atoms with Crippen molar-refractivity contribution in [2.24, 2.45) is 23.2 Å². The molecule has 0 amide bonds. The number of hydrogen-bond donors (Lipinski definition) is 0. The molecular formula is C27H38N2O3. The molecular weight excluding hydrogens is 400 g/mol. The van der Waals surface area contributed by atoms with Crippen molar-refractivity contribution in [2.45, 2.75) is 58.6 Å². The number of rotatable bonds is 4. The van der Waals surface area contributed by atoms with E-state index in [1.54, 1.807) is 12.7 Å². The highest BCUT2D eigenvalue weighted by Crippen LogP contribution is 2.54. The van der Waals surface area contributed by atoms with Gasteiger partial charge in [-0.3, -0.25) is 9.69 Å². The molecule has 5 nitrogen and oxygen atoms in total. The second-order valence-corrected chi connectivity index (χ2v) is 10.8. The van der Waals surface area contributed by atoms with Crippen molar-refractivity contribution in [3.05, 3.63) is 35.9 Å². The standard InChI is InChI=1S/C27H38N2O3/c1-18-6-5-11-27(3)15-25-22(14-24(18)27)23(26(30)32-25)17-28-12-13-29(19(2)16-28)20-7-9-21(31-4)10-8-20/h7-10,14,18-19,22-23,25H,5-6,11-13,15-17H2,1-4H3/t18-,19+,22+,23+,25-,27+/m1/s1. The number of allylic oxidation sites excluding steroid dienone is 1. The molecule has 0 N–H and O–H groups in total. The molecule has 2 saturated heterocycles. The predicted molar refractivity (Wildman–Crippen MR) is 127 cm³/mol. The molecule has 3 fully saturated rings. The first-order valence-electron chi connectivity index (χ1n) is 12.4. The molecule has 1 aromatic rings. The van der Waals surface area contributed by atoms with Crippen molar-refractivity contribution < 1.29 is 14.3 Å². The van der Waals surface area contributed by atoms with Crippen molar-refractivity contribution >= 4 is 11.7 Å². The van der Waals surface area contributed by atoms with Gasteiger partial charge in [-0.2, -0.15) is 0 Å². The van der Waals surface area contributed by atoms with E-state index in [-0.39, 0.29) is 29.3 Å². The van der Waals surface area contributed by atoms with Crippen LogP contribution in [0, 0.1) is 23.2 Å². The fourth-order valence-electron chi connectivity index (χ4n) is 6.89. The Labute approximate surface area is 192 Å². The summed E-state index contributed by atoms with van der Waals surface area (Å²) in [4.78, 5) is 17.9. The lowest BCUT2D eigenvalue weighted by Crippen LogP contribution is -2.53. The lowest BCUT2D eigenvalue weighted by atomic mass is 9.59. The lowest BCUT2D eigenvalue weighted by molar-refractivity contribution is -0.145. The Bertz CT molecular complexity index is 881. The molecule has 0 bridgehead atoms. The van der Waals surface area contributed by atoms with Crippen LogP contribution in [-0.4, -0.2) is 56.3 Å². The van der Waals surface area contributed by atoms with E-state index in [0.29, 0.717) is 12.0 Å². The number of fused-ring (bicyclic) bond motifs is 2. The summed E-state index contributed by atoms with van der Waals surface area (Å²) in [6.45, 7) is 10.8. The zero-order chi connectivity index (χ0) is 22.5. The molecule has 4 aliphatic rings. The van der Waals surface area contributed by atoms with Crippen LogP contribution in [0.2, 0.25) is 0 Å². The van der Waals surface area contributed by atoms with Crippen LogP contribution in [-0.2, 0) is 9.53 Å². The maximum atomic E-state index is 12.9. The predicted octanol–water partition coefficient (Wildman–Crippen LogP) is 4.52. The van der Waals surface area contributed by atoms with Gasteiger partial charge in [0.25, 0.3) is 0 Å². The lowest BCUT2D eigenvalue weighted by Gasteiger charge is -2.46. The third kappa shape index (κ3) is 3.83. The maximum absolute atomic E-state index is 12.9. The van der Waals surface area contributed by atoms with Crippen LogP contribution < -0.4 is 9.64 Å². The number of ether oxygens (including phenoxy) is 2. The van der Waals surface area contributed by atoms with Crippen LogP contribution in [0.15, 0.2) is 35.9 Å². The summed E-state index contributed by atoms with van der Waals surface area (Å²) in [5, 5.41) is 0. The molecule has 5 rings (SSSR count). The number of benzene rings is 1. The van der Waals surface area contributed by atoms with Gasteiger partial charge in [-0.15, -0.1) is 0 Å². The van der Waals surface area contributed by atoms with Crippen molar-refractivity contribution in [3.8, 4) is 5.75 Å². The van der Waals surface area contributed by atoms with Gasteiger partial charge in [0.15, 0.2) is 0 Å². The van der Waals surface area contributed by atoms with Gasteiger partial charge in [-0.1, -0.05) is 31.9 Å². The summed E-state index contributed by atoms with van der Waals surface area (Å²) < 4.78 is 11.3. The van der Waals surface area contributed by atoms with Gasteiger partial charge in [0.2, 0.25) is 0 Å². The molecule has 0 spiro atoms. The van der Waals surface area contributed by atoms with E-state index in [4.69, 9.17) is 9.47 Å². The van der Waals surface area contributed by atoms with Crippen LogP contribution in [0.25, 0.3) is 0 Å². The van der Waals surface area contributed by atoms with Gasteiger partial charge in [0.05, 0.1) is 13.0 Å². The molecule has 2 heterocycles. The number of carbonyl (C=O) groups excluding carboxylic acids is 1. The van der Waals surface area contributed by atoms with Crippen LogP contribution in [0.4, 0.5) is 5.69 Å². The van der Waals surface area contributed by atoms with Crippen molar-refractivity contribution in [2.75, 3.05) is 38.2 Å². The second-order valence-electron chi connectivity index (χ2n) is 10.8.